The summed E-state index contributed by atoms with van der Waals surface area (Å²) in [6.07, 6.45) is 0.122. The summed E-state index contributed by atoms with van der Waals surface area (Å²) in [5, 5.41) is 8.46. The second-order valence-electron chi connectivity index (χ2n) is 2.24. The molecule has 1 aromatic rings. The van der Waals surface area contributed by atoms with Gasteiger partial charge < -0.3 is 5.11 Å². The molecule has 2 nitrogen and oxygen atoms in total. The maximum absolute atomic E-state index is 10.3. The molecule has 0 radical (unpaired) electrons. The van der Waals surface area contributed by atoms with Crippen molar-refractivity contribution >= 4 is 33.2 Å². The number of thiophene rings is 1. The number of hydrogen-bond donors (Lipinski definition) is 1. The van der Waals surface area contributed by atoms with E-state index < -0.39 is 5.97 Å². The molecule has 0 aliphatic rings. The molecule has 0 aliphatic heterocycles. The van der Waals surface area contributed by atoms with E-state index in [0.717, 1.165) is 14.2 Å². The fourth-order valence-corrected chi connectivity index (χ4v) is 2.38. The van der Waals surface area contributed by atoms with Gasteiger partial charge in [-0.25, -0.2) is 0 Å². The maximum Gasteiger partial charge on any atom is 0.308 e. The summed E-state index contributed by atoms with van der Waals surface area (Å²) in [5.41, 5.74) is 1.10. The van der Waals surface area contributed by atoms with Crippen LogP contribution in [-0.2, 0) is 11.2 Å². The topological polar surface area (TPSA) is 37.3 Å². The summed E-state index contributed by atoms with van der Waals surface area (Å²) in [5.74, 6) is -0.779. The molecule has 0 spiro atoms. The molecule has 4 heteroatoms. The minimum atomic E-state index is -0.779. The van der Waals surface area contributed by atoms with Crippen LogP contribution in [0.3, 0.4) is 0 Å². The van der Waals surface area contributed by atoms with Gasteiger partial charge in [-0.05, 0) is 34.5 Å². The van der Waals surface area contributed by atoms with Gasteiger partial charge >= 0.3 is 5.97 Å². The number of aliphatic carboxylic acids is 1. The molecule has 0 atom stereocenters. The lowest BCUT2D eigenvalue weighted by molar-refractivity contribution is -0.136. The zero-order chi connectivity index (χ0) is 8.43. The second-order valence-corrected chi connectivity index (χ2v) is 4.69. The predicted molar refractivity (Wildman–Crippen MR) is 48.1 cm³/mol. The minimum Gasteiger partial charge on any atom is -0.481 e. The van der Waals surface area contributed by atoms with Gasteiger partial charge in [0.05, 0.1) is 10.2 Å². The molecular formula is C7H7BrO2S. The van der Waals surface area contributed by atoms with Gasteiger partial charge in [-0.3, -0.25) is 4.79 Å². The Labute approximate surface area is 77.0 Å². The average molecular weight is 235 g/mol. The van der Waals surface area contributed by atoms with Crippen LogP contribution in [0.2, 0.25) is 0 Å². The molecule has 0 amide bonds. The first-order valence-corrected chi connectivity index (χ1v) is 4.67. The highest BCUT2D eigenvalue weighted by Crippen LogP contribution is 2.27. The third-order valence-corrected chi connectivity index (χ3v) is 3.37. The Bertz CT molecular complexity index is 260. The first-order chi connectivity index (χ1) is 5.09. The summed E-state index contributed by atoms with van der Waals surface area (Å²) >= 11 is 4.81. The van der Waals surface area contributed by atoms with Gasteiger partial charge in [0.15, 0.2) is 0 Å². The Morgan fingerprint density at radius 1 is 1.82 bits per heavy atom. The van der Waals surface area contributed by atoms with E-state index in [1.54, 1.807) is 0 Å². The van der Waals surface area contributed by atoms with Crippen molar-refractivity contribution in [3.8, 4) is 0 Å². The normalized spacial score (nSPS) is 10.0. The van der Waals surface area contributed by atoms with Gasteiger partial charge in [0.2, 0.25) is 0 Å². The smallest absolute Gasteiger partial charge is 0.308 e. The van der Waals surface area contributed by atoms with Crippen LogP contribution >= 0.6 is 27.3 Å². The van der Waals surface area contributed by atoms with E-state index in [1.807, 2.05) is 13.0 Å². The Morgan fingerprint density at radius 3 is 2.82 bits per heavy atom. The summed E-state index contributed by atoms with van der Waals surface area (Å²) in [6.45, 7) is 1.95. The van der Waals surface area contributed by atoms with Crippen LogP contribution < -0.4 is 0 Å². The van der Waals surface area contributed by atoms with Gasteiger partial charge in [-0.2, -0.15) is 0 Å². The molecule has 0 saturated heterocycles. The molecule has 1 N–H and O–H groups in total. The molecule has 0 saturated carbocycles. The predicted octanol–water partition coefficient (Wildman–Crippen LogP) is 2.45. The van der Waals surface area contributed by atoms with Crippen LogP contribution in [-0.4, -0.2) is 11.1 Å². The highest BCUT2D eigenvalue weighted by molar-refractivity contribution is 9.11. The second kappa shape index (κ2) is 3.36. The van der Waals surface area contributed by atoms with Crippen molar-refractivity contribution in [2.75, 3.05) is 0 Å². The van der Waals surface area contributed by atoms with Crippen LogP contribution in [0.4, 0.5) is 0 Å². The first-order valence-electron chi connectivity index (χ1n) is 3.06. The van der Waals surface area contributed by atoms with Gasteiger partial charge in [0.25, 0.3) is 0 Å². The van der Waals surface area contributed by atoms with E-state index in [-0.39, 0.29) is 6.42 Å². The number of carboxylic acids is 1. The molecule has 0 aliphatic carbocycles. The maximum atomic E-state index is 10.3. The molecule has 11 heavy (non-hydrogen) atoms. The fraction of sp³-hybridized carbons (Fsp3) is 0.286. The average Bonchev–Trinajstić information content (AvgIpc) is 2.10. The standard InChI is InChI=1S/C7H7BrO2S/c1-4-2-5(3-6(9)10)11-7(4)8/h2H,3H2,1H3,(H,9,10). The van der Waals surface area contributed by atoms with Crippen molar-refractivity contribution in [2.24, 2.45) is 0 Å². The first kappa shape index (κ1) is 8.74. The summed E-state index contributed by atoms with van der Waals surface area (Å²) < 4.78 is 1.02. The number of carbonyl (C=O) groups is 1. The van der Waals surface area contributed by atoms with Crippen LogP contribution in [0.5, 0.6) is 0 Å². The van der Waals surface area contributed by atoms with Gasteiger partial charge in [0.1, 0.15) is 0 Å². The highest BCUT2D eigenvalue weighted by Gasteiger charge is 2.05. The minimum absolute atomic E-state index is 0.122. The Morgan fingerprint density at radius 2 is 2.45 bits per heavy atom. The van der Waals surface area contributed by atoms with Gasteiger partial charge in [-0.1, -0.05) is 0 Å². The summed E-state index contributed by atoms with van der Waals surface area (Å²) in [6, 6.07) is 1.89. The monoisotopic (exact) mass is 234 g/mol. The number of carboxylic acid groups (broad SMARTS) is 1. The fourth-order valence-electron chi connectivity index (χ4n) is 0.759. The zero-order valence-electron chi connectivity index (χ0n) is 5.93. The van der Waals surface area contributed by atoms with E-state index in [9.17, 15) is 4.79 Å². The molecule has 0 unspecified atom stereocenters. The van der Waals surface area contributed by atoms with Crippen molar-refractivity contribution in [3.05, 3.63) is 20.3 Å². The molecule has 0 fully saturated rings. The number of aryl methyl sites for hydroxylation is 1. The molecule has 0 bridgehead atoms. The van der Waals surface area contributed by atoms with E-state index in [4.69, 9.17) is 5.11 Å². The van der Waals surface area contributed by atoms with Crippen LogP contribution in [0.25, 0.3) is 0 Å². The zero-order valence-corrected chi connectivity index (χ0v) is 8.33. The third kappa shape index (κ3) is 2.31. The number of halogens is 1. The van der Waals surface area contributed by atoms with Crippen molar-refractivity contribution in [1.82, 2.24) is 0 Å². The highest BCUT2D eigenvalue weighted by atomic mass is 79.9. The van der Waals surface area contributed by atoms with Gasteiger partial charge in [-0.15, -0.1) is 11.3 Å². The van der Waals surface area contributed by atoms with Crippen LogP contribution in [0.1, 0.15) is 10.4 Å². The summed E-state index contributed by atoms with van der Waals surface area (Å²) in [7, 11) is 0. The lowest BCUT2D eigenvalue weighted by atomic mass is 10.3. The SMILES string of the molecule is Cc1cc(CC(=O)O)sc1Br. The third-order valence-electron chi connectivity index (χ3n) is 1.23. The molecule has 1 rings (SSSR count). The lowest BCUT2D eigenvalue weighted by Crippen LogP contribution is -1.97. The van der Waals surface area contributed by atoms with Crippen molar-refractivity contribution in [1.29, 1.82) is 0 Å². The number of hydrogen-bond acceptors (Lipinski definition) is 2. The van der Waals surface area contributed by atoms with Gasteiger partial charge in [0, 0.05) is 4.88 Å². The van der Waals surface area contributed by atoms with Crippen molar-refractivity contribution < 1.29 is 9.90 Å². The largest absolute Gasteiger partial charge is 0.481 e. The van der Waals surface area contributed by atoms with E-state index in [2.05, 4.69) is 15.9 Å². The lowest BCUT2D eigenvalue weighted by Gasteiger charge is -1.85. The summed E-state index contributed by atoms with van der Waals surface area (Å²) in [4.78, 5) is 11.2. The van der Waals surface area contributed by atoms with Crippen molar-refractivity contribution in [3.63, 3.8) is 0 Å². The van der Waals surface area contributed by atoms with E-state index in [1.165, 1.54) is 11.3 Å². The molecule has 1 heterocycles. The van der Waals surface area contributed by atoms with Crippen LogP contribution in [0, 0.1) is 6.92 Å². The molecule has 0 aromatic carbocycles. The van der Waals surface area contributed by atoms with E-state index in [0.29, 0.717) is 0 Å². The molecule has 1 aromatic heterocycles. The Kier molecular flexibility index (Phi) is 2.67. The van der Waals surface area contributed by atoms with E-state index >= 15 is 0 Å². The Hall–Kier alpha value is -0.350. The van der Waals surface area contributed by atoms with Crippen molar-refractivity contribution in [2.45, 2.75) is 13.3 Å². The Balaban J connectivity index is 2.81. The molecule has 60 valence electrons. The quantitative estimate of drug-likeness (QED) is 0.854. The number of rotatable bonds is 2. The van der Waals surface area contributed by atoms with Crippen LogP contribution in [0.15, 0.2) is 9.85 Å². The molecular weight excluding hydrogens is 228 g/mol.